The molecule has 0 bridgehead atoms. The van der Waals surface area contributed by atoms with Crippen LogP contribution in [0.25, 0.3) is 0 Å². The number of rotatable bonds is 3. The molecule has 0 aliphatic carbocycles. The number of nitrogens with one attached hydrogen (secondary N) is 1. The Morgan fingerprint density at radius 2 is 1.90 bits per heavy atom. The zero-order chi connectivity index (χ0) is 14.7. The predicted octanol–water partition coefficient (Wildman–Crippen LogP) is 0.193. The highest BCUT2D eigenvalue weighted by Gasteiger charge is 2.18. The Bertz CT molecular complexity index is 525. The minimum absolute atomic E-state index is 0.169. The van der Waals surface area contributed by atoms with Gasteiger partial charge in [0.2, 0.25) is 5.91 Å². The van der Waals surface area contributed by atoms with Gasteiger partial charge < -0.3 is 26.6 Å². The van der Waals surface area contributed by atoms with E-state index in [1.807, 2.05) is 6.07 Å². The van der Waals surface area contributed by atoms with Crippen molar-refractivity contribution in [2.24, 2.45) is 11.5 Å². The second-order valence-electron chi connectivity index (χ2n) is 4.88. The minimum Gasteiger partial charge on any atom is -0.376 e. The molecular weight excluding hydrogens is 274 g/mol. The number of carbonyl (C=O) groups excluding carboxylic acids is 1. The molecule has 0 spiro atoms. The molecule has 0 saturated carbocycles. The van der Waals surface area contributed by atoms with E-state index in [9.17, 15) is 4.79 Å². The zero-order valence-electron chi connectivity index (χ0n) is 11.4. The average Bonchev–Trinajstić information content (AvgIpc) is 2.39. The first kappa shape index (κ1) is 14.5. The number of thiocarbonyl (C=S) groups is 1. The van der Waals surface area contributed by atoms with Crippen LogP contribution in [0.3, 0.4) is 0 Å². The van der Waals surface area contributed by atoms with Crippen molar-refractivity contribution < 1.29 is 4.79 Å². The van der Waals surface area contributed by atoms with Crippen molar-refractivity contribution in [3.63, 3.8) is 0 Å². The number of nitrogens with two attached hydrogens (primary N) is 2. The van der Waals surface area contributed by atoms with Gasteiger partial charge in [0.1, 0.15) is 0 Å². The second kappa shape index (κ2) is 6.06. The van der Waals surface area contributed by atoms with E-state index in [1.54, 1.807) is 12.1 Å². The molecule has 1 aliphatic heterocycles. The van der Waals surface area contributed by atoms with Crippen molar-refractivity contribution >= 4 is 34.6 Å². The summed E-state index contributed by atoms with van der Waals surface area (Å²) in [6.07, 6.45) is 0. The summed E-state index contributed by atoms with van der Waals surface area (Å²) in [6.45, 7) is 3.81. The first-order valence-corrected chi connectivity index (χ1v) is 6.82. The van der Waals surface area contributed by atoms with Crippen LogP contribution < -0.4 is 21.7 Å². The number of hydrogen-bond donors (Lipinski definition) is 3. The molecule has 1 heterocycles. The van der Waals surface area contributed by atoms with E-state index >= 15 is 0 Å². The Morgan fingerprint density at radius 1 is 1.25 bits per heavy atom. The molecule has 108 valence electrons. The summed E-state index contributed by atoms with van der Waals surface area (Å²) in [7, 11) is 2.10. The maximum Gasteiger partial charge on any atom is 0.248 e. The highest BCUT2D eigenvalue weighted by Crippen LogP contribution is 2.28. The van der Waals surface area contributed by atoms with Gasteiger partial charge >= 0.3 is 0 Å². The molecule has 1 aliphatic rings. The molecule has 2 rings (SSSR count). The van der Waals surface area contributed by atoms with Crippen molar-refractivity contribution in [2.75, 3.05) is 43.4 Å². The third-order valence-corrected chi connectivity index (χ3v) is 3.48. The lowest BCUT2D eigenvalue weighted by atomic mass is 10.1. The van der Waals surface area contributed by atoms with E-state index < -0.39 is 5.91 Å². The van der Waals surface area contributed by atoms with Gasteiger partial charge in [-0.15, -0.1) is 0 Å². The first-order valence-electron chi connectivity index (χ1n) is 6.41. The van der Waals surface area contributed by atoms with Crippen LogP contribution in [0.1, 0.15) is 10.4 Å². The third-order valence-electron chi connectivity index (χ3n) is 3.38. The number of nitrogens with zero attached hydrogens (tertiary/aromatic N) is 2. The number of likely N-dealkylation sites (N-methyl/N-ethyl adjacent to an activating group) is 1. The molecule has 1 fully saturated rings. The molecule has 1 amide bonds. The summed E-state index contributed by atoms with van der Waals surface area (Å²) in [5, 5.41) is 3.09. The number of amides is 1. The Morgan fingerprint density at radius 3 is 2.45 bits per heavy atom. The summed E-state index contributed by atoms with van der Waals surface area (Å²) in [5.41, 5.74) is 13.0. The maximum atomic E-state index is 11.3. The number of hydrogen-bond acceptors (Lipinski definition) is 4. The third kappa shape index (κ3) is 3.37. The van der Waals surface area contributed by atoms with Gasteiger partial charge in [-0.25, -0.2) is 0 Å². The molecule has 0 atom stereocenters. The topological polar surface area (TPSA) is 87.6 Å². The number of anilines is 2. The van der Waals surface area contributed by atoms with E-state index in [0.717, 1.165) is 37.6 Å². The van der Waals surface area contributed by atoms with Crippen molar-refractivity contribution in [2.45, 2.75) is 0 Å². The Hall–Kier alpha value is -1.86. The molecule has 6 nitrogen and oxygen atoms in total. The molecule has 0 radical (unpaired) electrons. The van der Waals surface area contributed by atoms with Crippen LogP contribution in [0.2, 0.25) is 0 Å². The van der Waals surface area contributed by atoms with Crippen LogP contribution in [0.4, 0.5) is 11.4 Å². The molecular formula is C13H19N5OS. The summed E-state index contributed by atoms with van der Waals surface area (Å²) < 4.78 is 0. The van der Waals surface area contributed by atoms with E-state index in [1.165, 1.54) is 0 Å². The van der Waals surface area contributed by atoms with E-state index in [4.69, 9.17) is 23.7 Å². The number of piperazine rings is 1. The van der Waals surface area contributed by atoms with E-state index in [2.05, 4.69) is 22.2 Å². The SMILES string of the molecule is CN1CCN(c2ccc(C(N)=O)cc2NC(N)=S)CC1. The van der Waals surface area contributed by atoms with Crippen molar-refractivity contribution in [1.82, 2.24) is 4.90 Å². The van der Waals surface area contributed by atoms with Crippen LogP contribution in [-0.2, 0) is 0 Å². The maximum absolute atomic E-state index is 11.3. The van der Waals surface area contributed by atoms with Crippen LogP contribution in [0.5, 0.6) is 0 Å². The monoisotopic (exact) mass is 293 g/mol. The summed E-state index contributed by atoms with van der Waals surface area (Å²) >= 11 is 4.89. The van der Waals surface area contributed by atoms with Gasteiger partial charge in [-0.1, -0.05) is 0 Å². The lowest BCUT2D eigenvalue weighted by Gasteiger charge is -2.35. The molecule has 20 heavy (non-hydrogen) atoms. The number of primary amides is 1. The average molecular weight is 293 g/mol. The molecule has 5 N–H and O–H groups in total. The Kier molecular flexibility index (Phi) is 4.41. The van der Waals surface area contributed by atoms with Crippen molar-refractivity contribution in [3.05, 3.63) is 23.8 Å². The number of benzene rings is 1. The van der Waals surface area contributed by atoms with Crippen LogP contribution >= 0.6 is 12.2 Å². The second-order valence-corrected chi connectivity index (χ2v) is 5.32. The first-order chi connectivity index (χ1) is 9.47. The zero-order valence-corrected chi connectivity index (χ0v) is 12.2. The fraction of sp³-hybridized carbons (Fsp3) is 0.385. The Balaban J connectivity index is 2.30. The van der Waals surface area contributed by atoms with Gasteiger partial charge in [0, 0.05) is 31.7 Å². The summed E-state index contributed by atoms with van der Waals surface area (Å²) in [6, 6.07) is 5.29. The minimum atomic E-state index is -0.471. The van der Waals surface area contributed by atoms with Crippen LogP contribution in [-0.4, -0.2) is 49.1 Å². The van der Waals surface area contributed by atoms with Gasteiger partial charge in [0.25, 0.3) is 0 Å². The van der Waals surface area contributed by atoms with Crippen LogP contribution in [0, 0.1) is 0 Å². The normalized spacial score (nSPS) is 15.9. The summed E-state index contributed by atoms with van der Waals surface area (Å²) in [5.74, 6) is -0.471. The van der Waals surface area contributed by atoms with Gasteiger partial charge in [-0.2, -0.15) is 0 Å². The van der Waals surface area contributed by atoms with Gasteiger partial charge in [0.15, 0.2) is 5.11 Å². The largest absolute Gasteiger partial charge is 0.376 e. The lowest BCUT2D eigenvalue weighted by molar-refractivity contribution is 0.100. The van der Waals surface area contributed by atoms with Crippen molar-refractivity contribution in [3.8, 4) is 0 Å². The highest BCUT2D eigenvalue weighted by atomic mass is 32.1. The van der Waals surface area contributed by atoms with E-state index in [-0.39, 0.29) is 5.11 Å². The van der Waals surface area contributed by atoms with E-state index in [0.29, 0.717) is 5.56 Å². The predicted molar refractivity (Wildman–Crippen MR) is 85.1 cm³/mol. The van der Waals surface area contributed by atoms with Crippen molar-refractivity contribution in [1.29, 1.82) is 0 Å². The lowest BCUT2D eigenvalue weighted by Crippen LogP contribution is -2.44. The molecule has 1 saturated heterocycles. The van der Waals surface area contributed by atoms with Gasteiger partial charge in [0.05, 0.1) is 11.4 Å². The molecule has 1 aromatic rings. The molecule has 0 unspecified atom stereocenters. The Labute approximate surface area is 123 Å². The molecule has 7 heteroatoms. The quantitative estimate of drug-likeness (QED) is 0.690. The molecule has 0 aromatic heterocycles. The van der Waals surface area contributed by atoms with Gasteiger partial charge in [-0.05, 0) is 37.5 Å². The smallest absolute Gasteiger partial charge is 0.248 e. The fourth-order valence-corrected chi connectivity index (χ4v) is 2.36. The van der Waals surface area contributed by atoms with Gasteiger partial charge in [-0.3, -0.25) is 4.79 Å². The standard InChI is InChI=1S/C13H19N5OS/c1-17-4-6-18(7-5-17)11-3-2-9(12(14)19)8-10(11)16-13(15)20/h2-3,8H,4-7H2,1H3,(H2,14,19)(H3,15,16,20). The van der Waals surface area contributed by atoms with Crippen LogP contribution in [0.15, 0.2) is 18.2 Å². The fourth-order valence-electron chi connectivity index (χ4n) is 2.25. The summed E-state index contributed by atoms with van der Waals surface area (Å²) in [4.78, 5) is 15.8. The highest BCUT2D eigenvalue weighted by molar-refractivity contribution is 7.80. The number of carbonyl (C=O) groups is 1. The molecule has 1 aromatic carbocycles.